The number of nitrogens with two attached hydrogens (primary N) is 1. The zero-order chi connectivity index (χ0) is 21.5. The van der Waals surface area contributed by atoms with E-state index >= 15 is 0 Å². The molecule has 2 unspecified atom stereocenters. The van der Waals surface area contributed by atoms with Gasteiger partial charge in [0.25, 0.3) is 0 Å². The Hall–Kier alpha value is -2.59. The third-order valence-corrected chi connectivity index (χ3v) is 5.89. The first-order valence-electron chi connectivity index (χ1n) is 9.90. The van der Waals surface area contributed by atoms with Crippen LogP contribution in [0, 0.1) is 0 Å². The number of ether oxygens (including phenoxy) is 2. The highest BCUT2D eigenvalue weighted by atomic mass is 32.2. The van der Waals surface area contributed by atoms with Crippen molar-refractivity contribution in [1.82, 2.24) is 14.8 Å². The fraction of sp³-hybridized carbons (Fsp3) is 0.500. The predicted octanol–water partition coefficient (Wildman–Crippen LogP) is 2.00. The summed E-state index contributed by atoms with van der Waals surface area (Å²) < 4.78 is 12.8. The van der Waals surface area contributed by atoms with Crippen LogP contribution in [0.15, 0.2) is 29.4 Å². The summed E-state index contributed by atoms with van der Waals surface area (Å²) in [5.41, 5.74) is 5.98. The summed E-state index contributed by atoms with van der Waals surface area (Å²) in [4.78, 5) is 23.8. The summed E-state index contributed by atoms with van der Waals surface area (Å²) in [5, 5.41) is 11.6. The van der Waals surface area contributed by atoms with Gasteiger partial charge in [0.05, 0.1) is 25.0 Å². The van der Waals surface area contributed by atoms with Crippen LogP contribution in [0.2, 0.25) is 0 Å². The van der Waals surface area contributed by atoms with E-state index in [4.69, 9.17) is 15.2 Å². The molecule has 1 aromatic carbocycles. The van der Waals surface area contributed by atoms with Gasteiger partial charge in [-0.2, -0.15) is 0 Å². The van der Waals surface area contributed by atoms with Crippen LogP contribution in [0.4, 0.5) is 5.69 Å². The minimum atomic E-state index is -0.400. The summed E-state index contributed by atoms with van der Waals surface area (Å²) in [5.74, 6) is 0.870. The monoisotopic (exact) mass is 433 g/mol. The Morgan fingerprint density at radius 3 is 2.77 bits per heavy atom. The zero-order valence-corrected chi connectivity index (χ0v) is 18.0. The Labute approximate surface area is 179 Å². The van der Waals surface area contributed by atoms with Gasteiger partial charge in [-0.05, 0) is 44.0 Å². The molecule has 0 saturated carbocycles. The number of hydrogen-bond acceptors (Lipinski definition) is 7. The number of rotatable bonds is 10. The average Bonchev–Trinajstić information content (AvgIpc) is 3.38. The van der Waals surface area contributed by atoms with E-state index in [-0.39, 0.29) is 24.3 Å². The van der Waals surface area contributed by atoms with Crippen molar-refractivity contribution in [2.45, 2.75) is 55.7 Å². The first kappa shape index (κ1) is 22.1. The van der Waals surface area contributed by atoms with Crippen LogP contribution in [-0.4, -0.2) is 51.6 Å². The number of nitrogens with one attached hydrogen (secondary N) is 1. The number of hydrogen-bond donors (Lipinski definition) is 2. The molecule has 3 rings (SSSR count). The van der Waals surface area contributed by atoms with Gasteiger partial charge in [0.15, 0.2) is 5.16 Å². The number of benzene rings is 1. The molecule has 162 valence electrons. The molecule has 2 atom stereocenters. The largest absolute Gasteiger partial charge is 0.497 e. The number of nitrogens with zero attached hydrogens (tertiary/aromatic N) is 3. The molecule has 0 bridgehead atoms. The average molecular weight is 434 g/mol. The molecule has 2 aromatic rings. The molecule has 1 aliphatic heterocycles. The van der Waals surface area contributed by atoms with E-state index in [1.165, 1.54) is 11.8 Å². The highest BCUT2D eigenvalue weighted by Crippen LogP contribution is 2.26. The summed E-state index contributed by atoms with van der Waals surface area (Å²) in [6.07, 6.45) is 2.66. The van der Waals surface area contributed by atoms with E-state index in [2.05, 4.69) is 15.5 Å². The normalized spacial score (nSPS) is 16.9. The van der Waals surface area contributed by atoms with Crippen molar-refractivity contribution in [1.29, 1.82) is 0 Å². The van der Waals surface area contributed by atoms with Crippen LogP contribution in [0.3, 0.4) is 0 Å². The Kier molecular flexibility index (Phi) is 7.69. The van der Waals surface area contributed by atoms with Gasteiger partial charge in [-0.3, -0.25) is 9.59 Å². The molecule has 0 radical (unpaired) electrons. The Balaban J connectivity index is 1.68. The van der Waals surface area contributed by atoms with Crippen molar-refractivity contribution >= 4 is 29.3 Å². The van der Waals surface area contributed by atoms with E-state index < -0.39 is 5.25 Å². The van der Waals surface area contributed by atoms with Gasteiger partial charge in [-0.15, -0.1) is 10.2 Å². The lowest BCUT2D eigenvalue weighted by Crippen LogP contribution is -2.24. The molecule has 2 amide bonds. The van der Waals surface area contributed by atoms with Crippen LogP contribution >= 0.6 is 11.8 Å². The van der Waals surface area contributed by atoms with Crippen LogP contribution in [0.1, 0.15) is 32.0 Å². The van der Waals surface area contributed by atoms with Gasteiger partial charge in [-0.25, -0.2) is 0 Å². The first-order chi connectivity index (χ1) is 14.5. The van der Waals surface area contributed by atoms with Crippen molar-refractivity contribution in [3.63, 3.8) is 0 Å². The molecule has 2 heterocycles. The van der Waals surface area contributed by atoms with Crippen LogP contribution in [-0.2, 0) is 27.3 Å². The van der Waals surface area contributed by atoms with Crippen LogP contribution < -0.4 is 15.8 Å². The van der Waals surface area contributed by atoms with Crippen molar-refractivity contribution in [2.24, 2.45) is 5.73 Å². The predicted molar refractivity (Wildman–Crippen MR) is 113 cm³/mol. The quantitative estimate of drug-likeness (QED) is 0.550. The third kappa shape index (κ3) is 5.96. The smallest absolute Gasteiger partial charge is 0.237 e. The summed E-state index contributed by atoms with van der Waals surface area (Å²) in [6.45, 7) is 3.15. The molecular formula is C20H27N5O4S. The maximum Gasteiger partial charge on any atom is 0.237 e. The molecule has 1 saturated heterocycles. The number of carbonyl (C=O) groups excluding carboxylic acids is 2. The Bertz CT molecular complexity index is 865. The molecule has 30 heavy (non-hydrogen) atoms. The fourth-order valence-corrected chi connectivity index (χ4v) is 4.01. The van der Waals surface area contributed by atoms with Crippen molar-refractivity contribution < 1.29 is 19.1 Å². The molecule has 1 fully saturated rings. The van der Waals surface area contributed by atoms with Gasteiger partial charge in [0, 0.05) is 25.1 Å². The summed E-state index contributed by atoms with van der Waals surface area (Å²) in [6, 6.07) is 7.15. The van der Waals surface area contributed by atoms with Gasteiger partial charge < -0.3 is 25.1 Å². The molecule has 1 aliphatic rings. The van der Waals surface area contributed by atoms with E-state index in [0.717, 1.165) is 25.2 Å². The first-order valence-corrected chi connectivity index (χ1v) is 10.8. The summed E-state index contributed by atoms with van der Waals surface area (Å²) in [7, 11) is 1.59. The minimum Gasteiger partial charge on any atom is -0.497 e. The molecule has 0 spiro atoms. The zero-order valence-electron chi connectivity index (χ0n) is 17.2. The van der Waals surface area contributed by atoms with Gasteiger partial charge >= 0.3 is 0 Å². The topological polar surface area (TPSA) is 121 Å². The Morgan fingerprint density at radius 2 is 2.13 bits per heavy atom. The number of aryl methyl sites for hydroxylation is 1. The lowest BCUT2D eigenvalue weighted by molar-refractivity contribution is -0.118. The maximum atomic E-state index is 12.6. The maximum absolute atomic E-state index is 12.6. The number of methoxy groups -OCH3 is 1. The standard InChI is InChI=1S/C20H27N5O4S/c1-13(19(27)22-14-5-7-15(28-2)8-6-14)30-20-24-23-18(10-9-17(21)26)25(20)12-16-4-3-11-29-16/h5-8,13,16H,3-4,9-12H2,1-2H3,(H2,21,26)(H,22,27). The number of primary amides is 1. The third-order valence-electron chi connectivity index (χ3n) is 4.81. The Morgan fingerprint density at radius 1 is 1.37 bits per heavy atom. The number of amides is 2. The van der Waals surface area contributed by atoms with Gasteiger partial charge in [0.1, 0.15) is 11.6 Å². The molecule has 1 aromatic heterocycles. The highest BCUT2D eigenvalue weighted by molar-refractivity contribution is 8.00. The minimum absolute atomic E-state index is 0.0797. The second kappa shape index (κ2) is 10.4. The van der Waals surface area contributed by atoms with Crippen molar-refractivity contribution in [3.05, 3.63) is 30.1 Å². The lowest BCUT2D eigenvalue weighted by atomic mass is 10.2. The number of anilines is 1. The second-order valence-electron chi connectivity index (χ2n) is 7.09. The van der Waals surface area contributed by atoms with Crippen LogP contribution in [0.25, 0.3) is 0 Å². The highest BCUT2D eigenvalue weighted by Gasteiger charge is 2.24. The van der Waals surface area contributed by atoms with E-state index in [9.17, 15) is 9.59 Å². The molecular weight excluding hydrogens is 406 g/mol. The SMILES string of the molecule is COc1ccc(NC(=O)C(C)Sc2nnc(CCC(N)=O)n2CC2CCCO2)cc1. The molecule has 9 nitrogen and oxygen atoms in total. The van der Waals surface area contributed by atoms with Crippen molar-refractivity contribution in [3.8, 4) is 5.75 Å². The van der Waals surface area contributed by atoms with Crippen LogP contribution in [0.5, 0.6) is 5.75 Å². The molecule has 3 N–H and O–H groups in total. The van der Waals surface area contributed by atoms with Gasteiger partial charge in [-0.1, -0.05) is 11.8 Å². The second-order valence-corrected chi connectivity index (χ2v) is 8.40. The fourth-order valence-electron chi connectivity index (χ4n) is 3.13. The van der Waals surface area contributed by atoms with E-state index in [1.54, 1.807) is 31.4 Å². The molecule has 0 aliphatic carbocycles. The molecule has 10 heteroatoms. The lowest BCUT2D eigenvalue weighted by Gasteiger charge is -2.16. The van der Waals surface area contributed by atoms with E-state index in [0.29, 0.717) is 29.6 Å². The number of carbonyl (C=O) groups is 2. The van der Waals surface area contributed by atoms with Gasteiger partial charge in [0.2, 0.25) is 11.8 Å². The number of aromatic nitrogens is 3. The van der Waals surface area contributed by atoms with Crippen molar-refractivity contribution in [2.75, 3.05) is 19.0 Å². The number of thioether (sulfide) groups is 1. The van der Waals surface area contributed by atoms with E-state index in [1.807, 2.05) is 11.5 Å². The summed E-state index contributed by atoms with van der Waals surface area (Å²) >= 11 is 1.32.